The number of nitrogen functional groups attached to an aromatic ring is 1. The molecule has 116 valence electrons. The predicted molar refractivity (Wildman–Crippen MR) is 84.2 cm³/mol. The van der Waals surface area contributed by atoms with Crippen molar-refractivity contribution in [2.45, 2.75) is 39.5 Å². The molecular weight excluding hydrogens is 266 g/mol. The number of carbonyl (C=O) groups is 1. The summed E-state index contributed by atoms with van der Waals surface area (Å²) in [5.74, 6) is 1.68. The van der Waals surface area contributed by atoms with Crippen molar-refractivity contribution in [2.75, 3.05) is 24.2 Å². The summed E-state index contributed by atoms with van der Waals surface area (Å²) in [7, 11) is 0. The van der Waals surface area contributed by atoms with E-state index in [4.69, 9.17) is 10.5 Å². The van der Waals surface area contributed by atoms with Crippen LogP contribution in [0, 0.1) is 11.8 Å². The number of anilines is 2. The van der Waals surface area contributed by atoms with Crippen molar-refractivity contribution in [3.05, 3.63) is 17.8 Å². The van der Waals surface area contributed by atoms with E-state index in [1.54, 1.807) is 19.2 Å². The van der Waals surface area contributed by atoms with E-state index in [0.29, 0.717) is 29.6 Å². The molecule has 3 N–H and O–H groups in total. The van der Waals surface area contributed by atoms with E-state index in [1.165, 1.54) is 25.7 Å². The number of esters is 1. The molecule has 1 heterocycles. The van der Waals surface area contributed by atoms with Gasteiger partial charge in [0.05, 0.1) is 18.5 Å². The normalized spacial score (nSPS) is 21.8. The largest absolute Gasteiger partial charge is 0.462 e. The van der Waals surface area contributed by atoms with Crippen molar-refractivity contribution in [1.82, 2.24) is 4.98 Å². The highest BCUT2D eigenvalue weighted by Gasteiger charge is 2.20. The van der Waals surface area contributed by atoms with Crippen molar-refractivity contribution in [1.29, 1.82) is 0 Å². The number of hydrogen-bond acceptors (Lipinski definition) is 5. The third kappa shape index (κ3) is 4.34. The van der Waals surface area contributed by atoms with Gasteiger partial charge in [0.15, 0.2) is 0 Å². The highest BCUT2D eigenvalue weighted by Crippen LogP contribution is 2.28. The third-order valence-corrected chi connectivity index (χ3v) is 4.10. The Kier molecular flexibility index (Phi) is 5.42. The first kappa shape index (κ1) is 15.6. The van der Waals surface area contributed by atoms with E-state index >= 15 is 0 Å². The van der Waals surface area contributed by atoms with E-state index < -0.39 is 0 Å². The highest BCUT2D eigenvalue weighted by molar-refractivity contribution is 5.95. The van der Waals surface area contributed by atoms with E-state index in [2.05, 4.69) is 17.2 Å². The van der Waals surface area contributed by atoms with Crippen LogP contribution in [0.5, 0.6) is 0 Å². The molecule has 0 radical (unpaired) electrons. The summed E-state index contributed by atoms with van der Waals surface area (Å²) in [6, 6.07) is 1.62. The van der Waals surface area contributed by atoms with E-state index in [-0.39, 0.29) is 5.97 Å². The van der Waals surface area contributed by atoms with Crippen molar-refractivity contribution >= 4 is 17.5 Å². The Bertz CT molecular complexity index is 482. The lowest BCUT2D eigenvalue weighted by Gasteiger charge is -2.26. The maximum absolute atomic E-state index is 12.0. The summed E-state index contributed by atoms with van der Waals surface area (Å²) in [6.45, 7) is 5.28. The summed E-state index contributed by atoms with van der Waals surface area (Å²) >= 11 is 0. The molecule has 0 spiro atoms. The Morgan fingerprint density at radius 1 is 1.43 bits per heavy atom. The topological polar surface area (TPSA) is 77.2 Å². The molecule has 1 aliphatic rings. The van der Waals surface area contributed by atoms with Crippen LogP contribution in [-0.4, -0.2) is 24.1 Å². The third-order valence-electron chi connectivity index (χ3n) is 4.10. The molecule has 0 aliphatic heterocycles. The Labute approximate surface area is 126 Å². The fraction of sp³-hybridized carbons (Fsp3) is 0.625. The minimum atomic E-state index is -0.378. The van der Waals surface area contributed by atoms with Gasteiger partial charge in [0, 0.05) is 6.54 Å². The summed E-state index contributed by atoms with van der Waals surface area (Å²) in [5, 5.41) is 3.30. The summed E-state index contributed by atoms with van der Waals surface area (Å²) < 4.78 is 5.05. The maximum Gasteiger partial charge on any atom is 0.341 e. The molecule has 0 aromatic carbocycles. The zero-order valence-electron chi connectivity index (χ0n) is 12.9. The maximum atomic E-state index is 12.0. The molecule has 2 rings (SSSR count). The zero-order valence-corrected chi connectivity index (χ0v) is 12.9. The number of hydrogen-bond donors (Lipinski definition) is 2. The van der Waals surface area contributed by atoms with Gasteiger partial charge in [-0.25, -0.2) is 9.78 Å². The lowest BCUT2D eigenvalue weighted by molar-refractivity contribution is 0.0527. The Morgan fingerprint density at radius 2 is 2.14 bits per heavy atom. The van der Waals surface area contributed by atoms with Gasteiger partial charge in [0.2, 0.25) is 0 Å². The highest BCUT2D eigenvalue weighted by atomic mass is 16.5. The van der Waals surface area contributed by atoms with Gasteiger partial charge >= 0.3 is 5.97 Å². The molecule has 1 aliphatic carbocycles. The lowest BCUT2D eigenvalue weighted by Crippen LogP contribution is -2.22. The molecule has 1 saturated carbocycles. The molecule has 0 unspecified atom stereocenters. The number of nitrogens with zero attached hydrogens (tertiary/aromatic N) is 1. The molecule has 1 fully saturated rings. The smallest absolute Gasteiger partial charge is 0.341 e. The van der Waals surface area contributed by atoms with Gasteiger partial charge in [-0.3, -0.25) is 0 Å². The SMILES string of the molecule is CCOC(=O)c1cc(N)cnc1NCC1CCC(C)CC1. The molecule has 5 nitrogen and oxygen atoms in total. The second-order valence-electron chi connectivity index (χ2n) is 5.89. The second kappa shape index (κ2) is 7.29. The first-order chi connectivity index (χ1) is 10.1. The number of ether oxygens (including phenoxy) is 1. The van der Waals surface area contributed by atoms with Crippen LogP contribution in [0.25, 0.3) is 0 Å². The van der Waals surface area contributed by atoms with Crippen LogP contribution < -0.4 is 11.1 Å². The summed E-state index contributed by atoms with van der Waals surface area (Å²) in [6.07, 6.45) is 6.60. The first-order valence-corrected chi connectivity index (χ1v) is 7.76. The van der Waals surface area contributed by atoms with Crippen molar-refractivity contribution in [3.8, 4) is 0 Å². The summed E-state index contributed by atoms with van der Waals surface area (Å²) in [5.41, 5.74) is 6.60. The molecule has 0 atom stereocenters. The Morgan fingerprint density at radius 3 is 2.81 bits per heavy atom. The standard InChI is InChI=1S/C16H25N3O2/c1-3-21-16(20)14-8-13(17)10-19-15(14)18-9-12-6-4-11(2)5-7-12/h8,10-12H,3-7,9,17H2,1-2H3,(H,18,19). The molecule has 5 heteroatoms. The monoisotopic (exact) mass is 291 g/mol. The number of carbonyl (C=O) groups excluding carboxylic acids is 1. The van der Waals surface area contributed by atoms with Crippen molar-refractivity contribution in [2.24, 2.45) is 11.8 Å². The van der Waals surface area contributed by atoms with Crippen LogP contribution in [0.4, 0.5) is 11.5 Å². The predicted octanol–water partition coefficient (Wildman–Crippen LogP) is 3.08. The zero-order chi connectivity index (χ0) is 15.2. The second-order valence-corrected chi connectivity index (χ2v) is 5.89. The molecule has 1 aromatic rings. The molecule has 0 saturated heterocycles. The van der Waals surface area contributed by atoms with Gasteiger partial charge in [0.1, 0.15) is 11.4 Å². The van der Waals surface area contributed by atoms with Gasteiger partial charge in [-0.1, -0.05) is 19.8 Å². The van der Waals surface area contributed by atoms with Crippen molar-refractivity contribution in [3.63, 3.8) is 0 Å². The Balaban J connectivity index is 2.00. The number of rotatable bonds is 5. The van der Waals surface area contributed by atoms with Gasteiger partial charge in [-0.05, 0) is 37.7 Å². The van der Waals surface area contributed by atoms with Crippen LogP contribution in [-0.2, 0) is 4.74 Å². The Hall–Kier alpha value is -1.78. The van der Waals surface area contributed by atoms with Crippen LogP contribution in [0.3, 0.4) is 0 Å². The average Bonchev–Trinajstić information content (AvgIpc) is 2.48. The molecule has 21 heavy (non-hydrogen) atoms. The molecule has 0 amide bonds. The van der Waals surface area contributed by atoms with Gasteiger partial charge in [0.25, 0.3) is 0 Å². The van der Waals surface area contributed by atoms with Crippen molar-refractivity contribution < 1.29 is 9.53 Å². The fourth-order valence-electron chi connectivity index (χ4n) is 2.76. The van der Waals surface area contributed by atoms with E-state index in [1.807, 2.05) is 0 Å². The lowest BCUT2D eigenvalue weighted by atomic mass is 9.83. The molecule has 1 aromatic heterocycles. The number of pyridine rings is 1. The van der Waals surface area contributed by atoms with Crippen LogP contribution in [0.15, 0.2) is 12.3 Å². The summed E-state index contributed by atoms with van der Waals surface area (Å²) in [4.78, 5) is 16.2. The average molecular weight is 291 g/mol. The quantitative estimate of drug-likeness (QED) is 0.815. The number of nitrogens with one attached hydrogen (secondary N) is 1. The van der Waals surface area contributed by atoms with Crippen LogP contribution >= 0.6 is 0 Å². The molecular formula is C16H25N3O2. The van der Waals surface area contributed by atoms with E-state index in [9.17, 15) is 4.79 Å². The fourth-order valence-corrected chi connectivity index (χ4v) is 2.76. The molecule has 0 bridgehead atoms. The van der Waals surface area contributed by atoms with E-state index in [0.717, 1.165) is 12.5 Å². The van der Waals surface area contributed by atoms with Gasteiger partial charge < -0.3 is 15.8 Å². The van der Waals surface area contributed by atoms with Crippen LogP contribution in [0.2, 0.25) is 0 Å². The number of nitrogens with two attached hydrogens (primary N) is 1. The first-order valence-electron chi connectivity index (χ1n) is 7.76. The van der Waals surface area contributed by atoms with Gasteiger partial charge in [-0.15, -0.1) is 0 Å². The number of aromatic nitrogens is 1. The minimum absolute atomic E-state index is 0.341. The minimum Gasteiger partial charge on any atom is -0.462 e. The van der Waals surface area contributed by atoms with Crippen LogP contribution in [0.1, 0.15) is 49.9 Å². The van der Waals surface area contributed by atoms with Gasteiger partial charge in [-0.2, -0.15) is 0 Å².